The van der Waals surface area contributed by atoms with Crippen molar-refractivity contribution >= 4 is 17.8 Å². The van der Waals surface area contributed by atoms with Gasteiger partial charge in [-0.15, -0.1) is 0 Å². The number of allylic oxidation sites excluding steroid dienone is 1. The van der Waals surface area contributed by atoms with Crippen LogP contribution in [-0.2, 0) is 9.63 Å². The van der Waals surface area contributed by atoms with Crippen LogP contribution in [0.25, 0.3) is 6.08 Å². The molecule has 0 aromatic heterocycles. The number of benzene rings is 1. The van der Waals surface area contributed by atoms with Gasteiger partial charge >= 0.3 is 5.97 Å². The molecule has 0 spiro atoms. The topological polar surface area (TPSA) is 57.1 Å². The lowest BCUT2D eigenvalue weighted by molar-refractivity contribution is -0.153. The summed E-state index contributed by atoms with van der Waals surface area (Å²) in [6.45, 7) is 12.6. The zero-order chi connectivity index (χ0) is 20.3. The van der Waals surface area contributed by atoms with Crippen molar-refractivity contribution in [2.75, 3.05) is 6.79 Å². The van der Waals surface area contributed by atoms with E-state index in [0.29, 0.717) is 5.92 Å². The van der Waals surface area contributed by atoms with Gasteiger partial charge in [-0.25, -0.2) is 4.79 Å². The molecule has 0 radical (unpaired) electrons. The Hall–Kier alpha value is -2.30. The normalized spacial score (nSPS) is 30.3. The SMILES string of the molecule is CC(C)(C)C(=O)O/N=C1\C(=C\c2ccc3c(c2)OCO3)[C@@H]2CC[C@@]1(C)C2(C)C. The Morgan fingerprint density at radius 2 is 1.93 bits per heavy atom. The maximum Gasteiger partial charge on any atom is 0.340 e. The van der Waals surface area contributed by atoms with Crippen molar-refractivity contribution in [1.82, 2.24) is 0 Å². The van der Waals surface area contributed by atoms with E-state index in [-0.39, 0.29) is 23.6 Å². The van der Waals surface area contributed by atoms with Crippen LogP contribution in [0.4, 0.5) is 0 Å². The van der Waals surface area contributed by atoms with Gasteiger partial charge in [0.25, 0.3) is 0 Å². The summed E-state index contributed by atoms with van der Waals surface area (Å²) in [5, 5.41) is 4.43. The molecule has 4 rings (SSSR count). The molecule has 2 fully saturated rings. The van der Waals surface area contributed by atoms with E-state index in [4.69, 9.17) is 14.3 Å². The average molecular weight is 383 g/mol. The maximum absolute atomic E-state index is 12.3. The van der Waals surface area contributed by atoms with Gasteiger partial charge < -0.3 is 14.3 Å². The first-order valence-electron chi connectivity index (χ1n) is 9.95. The quantitative estimate of drug-likeness (QED) is 0.520. The van der Waals surface area contributed by atoms with Gasteiger partial charge in [0.05, 0.1) is 11.1 Å². The Labute approximate surface area is 166 Å². The molecule has 5 heteroatoms. The van der Waals surface area contributed by atoms with Crippen LogP contribution in [0.15, 0.2) is 28.9 Å². The summed E-state index contributed by atoms with van der Waals surface area (Å²) < 4.78 is 10.9. The lowest BCUT2D eigenvalue weighted by atomic mass is 9.70. The third kappa shape index (κ3) is 2.75. The van der Waals surface area contributed by atoms with Crippen molar-refractivity contribution in [2.24, 2.45) is 27.3 Å². The second-order valence-electron chi connectivity index (χ2n) is 9.93. The van der Waals surface area contributed by atoms with Crippen LogP contribution >= 0.6 is 0 Å². The van der Waals surface area contributed by atoms with Gasteiger partial charge in [-0.1, -0.05) is 32.0 Å². The summed E-state index contributed by atoms with van der Waals surface area (Å²) in [5.41, 5.74) is 2.48. The van der Waals surface area contributed by atoms with Gasteiger partial charge in [0.1, 0.15) is 0 Å². The number of oxime groups is 1. The molecule has 5 nitrogen and oxygen atoms in total. The van der Waals surface area contributed by atoms with Crippen LogP contribution in [0.5, 0.6) is 11.5 Å². The Balaban J connectivity index is 1.74. The van der Waals surface area contributed by atoms with Crippen molar-refractivity contribution in [3.05, 3.63) is 29.3 Å². The molecular weight excluding hydrogens is 354 g/mol. The van der Waals surface area contributed by atoms with Crippen molar-refractivity contribution < 1.29 is 19.1 Å². The fourth-order valence-electron chi connectivity index (χ4n) is 4.68. The monoisotopic (exact) mass is 383 g/mol. The van der Waals surface area contributed by atoms with Crippen molar-refractivity contribution in [3.63, 3.8) is 0 Å². The summed E-state index contributed by atoms with van der Waals surface area (Å²) >= 11 is 0. The minimum Gasteiger partial charge on any atom is -0.454 e. The molecule has 2 atom stereocenters. The van der Waals surface area contributed by atoms with Crippen LogP contribution in [0.3, 0.4) is 0 Å². The molecule has 1 aromatic carbocycles. The number of ether oxygens (including phenoxy) is 2. The Morgan fingerprint density at radius 3 is 2.64 bits per heavy atom. The van der Waals surface area contributed by atoms with Crippen LogP contribution < -0.4 is 9.47 Å². The number of carbonyl (C=O) groups excluding carboxylic acids is 1. The van der Waals surface area contributed by atoms with E-state index in [9.17, 15) is 4.79 Å². The predicted molar refractivity (Wildman–Crippen MR) is 108 cm³/mol. The summed E-state index contributed by atoms with van der Waals surface area (Å²) in [6, 6.07) is 5.96. The molecule has 1 heterocycles. The number of hydrogen-bond donors (Lipinski definition) is 0. The molecule has 1 aliphatic heterocycles. The van der Waals surface area contributed by atoms with Crippen LogP contribution in [-0.4, -0.2) is 18.5 Å². The zero-order valence-corrected chi connectivity index (χ0v) is 17.6. The van der Waals surface area contributed by atoms with Gasteiger partial charge in [0.15, 0.2) is 11.5 Å². The van der Waals surface area contributed by atoms with E-state index in [1.165, 1.54) is 5.57 Å². The van der Waals surface area contributed by atoms with E-state index < -0.39 is 5.41 Å². The first-order valence-corrected chi connectivity index (χ1v) is 9.95. The van der Waals surface area contributed by atoms with Gasteiger partial charge in [-0.05, 0) is 74.3 Å². The molecule has 2 aliphatic carbocycles. The Kier molecular flexibility index (Phi) is 4.15. The van der Waals surface area contributed by atoms with Crippen molar-refractivity contribution in [1.29, 1.82) is 0 Å². The lowest BCUT2D eigenvalue weighted by Gasteiger charge is -2.33. The van der Waals surface area contributed by atoms with E-state index in [2.05, 4.69) is 32.0 Å². The summed E-state index contributed by atoms with van der Waals surface area (Å²) in [6.07, 6.45) is 4.34. The van der Waals surface area contributed by atoms with E-state index in [0.717, 1.165) is 35.6 Å². The fraction of sp³-hybridized carbons (Fsp3) is 0.565. The van der Waals surface area contributed by atoms with Crippen molar-refractivity contribution in [2.45, 2.75) is 54.4 Å². The molecule has 150 valence electrons. The zero-order valence-electron chi connectivity index (χ0n) is 17.6. The molecule has 2 bridgehead atoms. The molecular formula is C23H29NO4. The maximum atomic E-state index is 12.3. The minimum absolute atomic E-state index is 0.0577. The minimum atomic E-state index is -0.584. The molecule has 28 heavy (non-hydrogen) atoms. The fourth-order valence-corrected chi connectivity index (χ4v) is 4.68. The van der Waals surface area contributed by atoms with Gasteiger partial charge in [-0.2, -0.15) is 0 Å². The smallest absolute Gasteiger partial charge is 0.340 e. The van der Waals surface area contributed by atoms with Crippen LogP contribution in [0, 0.1) is 22.2 Å². The molecule has 3 aliphatic rings. The number of rotatable bonds is 2. The first kappa shape index (κ1) is 19.0. The number of carbonyl (C=O) groups is 1. The van der Waals surface area contributed by atoms with Gasteiger partial charge in [0, 0.05) is 5.41 Å². The molecule has 0 amide bonds. The molecule has 0 N–H and O–H groups in total. The van der Waals surface area contributed by atoms with E-state index >= 15 is 0 Å². The Morgan fingerprint density at radius 1 is 1.21 bits per heavy atom. The predicted octanol–water partition coefficient (Wildman–Crippen LogP) is 5.20. The number of nitrogens with zero attached hydrogens (tertiary/aromatic N) is 1. The van der Waals surface area contributed by atoms with Gasteiger partial charge in [-0.3, -0.25) is 0 Å². The third-order valence-corrected chi connectivity index (χ3v) is 6.95. The molecule has 0 unspecified atom stereocenters. The number of fused-ring (bicyclic) bond motifs is 3. The standard InChI is InChI=1S/C23H29NO4/c1-21(2,3)20(25)28-24-19-15(16-9-10-23(19,6)22(16,4)5)11-14-7-8-17-18(12-14)27-13-26-17/h7-8,11-12,16H,9-10,13H2,1-6H3/b15-11+,24-19+/t16-,23+/m0/s1. The second-order valence-corrected chi connectivity index (χ2v) is 9.93. The van der Waals surface area contributed by atoms with Crippen LogP contribution in [0.2, 0.25) is 0 Å². The third-order valence-electron chi connectivity index (χ3n) is 6.95. The first-order chi connectivity index (χ1) is 13.0. The highest BCUT2D eigenvalue weighted by atomic mass is 16.7. The van der Waals surface area contributed by atoms with Gasteiger partial charge in [0.2, 0.25) is 6.79 Å². The summed E-state index contributed by atoms with van der Waals surface area (Å²) in [7, 11) is 0. The lowest BCUT2D eigenvalue weighted by Crippen LogP contribution is -2.33. The number of hydrogen-bond acceptors (Lipinski definition) is 5. The highest BCUT2D eigenvalue weighted by molar-refractivity contribution is 6.11. The van der Waals surface area contributed by atoms with E-state index in [1.807, 2.05) is 39.0 Å². The second kappa shape index (κ2) is 6.10. The summed E-state index contributed by atoms with van der Waals surface area (Å²) in [5.74, 6) is 1.61. The Bertz CT molecular complexity index is 890. The van der Waals surface area contributed by atoms with Crippen molar-refractivity contribution in [3.8, 4) is 11.5 Å². The summed E-state index contributed by atoms with van der Waals surface area (Å²) in [4.78, 5) is 17.7. The molecule has 1 aromatic rings. The molecule has 2 saturated carbocycles. The highest BCUT2D eigenvalue weighted by Crippen LogP contribution is 2.66. The largest absolute Gasteiger partial charge is 0.454 e. The highest BCUT2D eigenvalue weighted by Gasteiger charge is 2.63. The molecule has 0 saturated heterocycles. The average Bonchev–Trinajstić information content (AvgIpc) is 3.20. The van der Waals surface area contributed by atoms with Crippen LogP contribution in [0.1, 0.15) is 59.9 Å². The van der Waals surface area contributed by atoms with E-state index in [1.54, 1.807) is 0 Å².